The van der Waals surface area contributed by atoms with E-state index in [1.54, 1.807) is 6.26 Å². The highest BCUT2D eigenvalue weighted by atomic mass is 127. The van der Waals surface area contributed by atoms with Crippen molar-refractivity contribution in [3.8, 4) is 11.5 Å². The fourth-order valence-electron chi connectivity index (χ4n) is 3.38. The number of guanidine groups is 1. The highest BCUT2D eigenvalue weighted by molar-refractivity contribution is 14.0. The van der Waals surface area contributed by atoms with Crippen LogP contribution in [0, 0.1) is 0 Å². The number of aliphatic imine (C=N–C) groups is 1. The van der Waals surface area contributed by atoms with E-state index in [2.05, 4.69) is 56.6 Å². The summed E-state index contributed by atoms with van der Waals surface area (Å²) < 4.78 is 5.61. The summed E-state index contributed by atoms with van der Waals surface area (Å²) in [5.41, 5.74) is 4.54. The summed E-state index contributed by atoms with van der Waals surface area (Å²) in [7, 11) is 1.82. The zero-order valence-electron chi connectivity index (χ0n) is 16.4. The third kappa shape index (κ3) is 5.26. The SMILES string of the molecule is CN=C(NCc1coc(-c2ccccc2)n1)N1CC=C(c2ccccc2)CC1.I. The van der Waals surface area contributed by atoms with E-state index in [-0.39, 0.29) is 24.0 Å². The van der Waals surface area contributed by atoms with Gasteiger partial charge in [-0.3, -0.25) is 4.99 Å². The zero-order valence-corrected chi connectivity index (χ0v) is 18.7. The first-order valence-corrected chi connectivity index (χ1v) is 9.53. The summed E-state index contributed by atoms with van der Waals surface area (Å²) in [6, 6.07) is 20.5. The minimum atomic E-state index is 0. The Kier molecular flexibility index (Phi) is 7.46. The van der Waals surface area contributed by atoms with E-state index >= 15 is 0 Å². The molecule has 0 saturated heterocycles. The maximum absolute atomic E-state index is 5.61. The number of halogens is 1. The van der Waals surface area contributed by atoms with Gasteiger partial charge in [-0.1, -0.05) is 54.6 Å². The topological polar surface area (TPSA) is 53.7 Å². The summed E-state index contributed by atoms with van der Waals surface area (Å²) >= 11 is 0. The molecule has 2 heterocycles. The molecule has 0 radical (unpaired) electrons. The summed E-state index contributed by atoms with van der Waals surface area (Å²) in [6.07, 6.45) is 4.99. The lowest BCUT2D eigenvalue weighted by Crippen LogP contribution is -2.43. The molecule has 29 heavy (non-hydrogen) atoms. The second-order valence-corrected chi connectivity index (χ2v) is 6.70. The van der Waals surface area contributed by atoms with Crippen molar-refractivity contribution in [2.24, 2.45) is 4.99 Å². The molecule has 4 rings (SSSR count). The smallest absolute Gasteiger partial charge is 0.226 e. The number of rotatable bonds is 4. The lowest BCUT2D eigenvalue weighted by molar-refractivity contribution is 0.439. The number of aromatic nitrogens is 1. The van der Waals surface area contributed by atoms with Crippen molar-refractivity contribution < 1.29 is 4.42 Å². The molecule has 1 aromatic heterocycles. The van der Waals surface area contributed by atoms with E-state index in [1.165, 1.54) is 11.1 Å². The van der Waals surface area contributed by atoms with E-state index < -0.39 is 0 Å². The van der Waals surface area contributed by atoms with Crippen LogP contribution in [0.2, 0.25) is 0 Å². The quantitative estimate of drug-likeness (QED) is 0.317. The van der Waals surface area contributed by atoms with Gasteiger partial charge in [-0.05, 0) is 29.7 Å². The highest BCUT2D eigenvalue weighted by Gasteiger charge is 2.16. The number of hydrogen-bond acceptors (Lipinski definition) is 3. The summed E-state index contributed by atoms with van der Waals surface area (Å²) in [5.74, 6) is 1.52. The van der Waals surface area contributed by atoms with Crippen molar-refractivity contribution in [2.75, 3.05) is 20.1 Å². The van der Waals surface area contributed by atoms with E-state index in [4.69, 9.17) is 4.42 Å². The molecule has 2 aromatic carbocycles. The molecular weight excluding hydrogens is 475 g/mol. The number of nitrogens with one attached hydrogen (secondary N) is 1. The Hall–Kier alpha value is -2.61. The van der Waals surface area contributed by atoms with E-state index in [1.807, 2.05) is 37.4 Å². The highest BCUT2D eigenvalue weighted by Crippen LogP contribution is 2.22. The molecule has 0 spiro atoms. The van der Waals surface area contributed by atoms with Crippen LogP contribution in [0.3, 0.4) is 0 Å². The van der Waals surface area contributed by atoms with Gasteiger partial charge in [0, 0.05) is 25.7 Å². The average molecular weight is 500 g/mol. The van der Waals surface area contributed by atoms with Crippen LogP contribution in [0.15, 0.2) is 82.4 Å². The molecule has 0 atom stereocenters. The van der Waals surface area contributed by atoms with E-state index in [0.717, 1.165) is 36.7 Å². The molecule has 0 fully saturated rings. The maximum Gasteiger partial charge on any atom is 0.226 e. The Morgan fingerprint density at radius 3 is 2.38 bits per heavy atom. The summed E-state index contributed by atoms with van der Waals surface area (Å²) in [4.78, 5) is 11.3. The number of hydrogen-bond donors (Lipinski definition) is 1. The zero-order chi connectivity index (χ0) is 19.2. The molecule has 0 aliphatic carbocycles. The third-order valence-electron chi connectivity index (χ3n) is 4.87. The van der Waals surface area contributed by atoms with Gasteiger partial charge in [0.15, 0.2) is 5.96 Å². The maximum atomic E-state index is 5.61. The molecule has 0 amide bonds. The predicted octanol–water partition coefficient (Wildman–Crippen LogP) is 4.82. The summed E-state index contributed by atoms with van der Waals surface area (Å²) in [6.45, 7) is 2.36. The largest absolute Gasteiger partial charge is 0.444 e. The Bertz CT molecular complexity index is 967. The average Bonchev–Trinajstić information content (AvgIpc) is 3.25. The van der Waals surface area contributed by atoms with Crippen LogP contribution in [-0.4, -0.2) is 36.0 Å². The lowest BCUT2D eigenvalue weighted by atomic mass is 10.00. The van der Waals surface area contributed by atoms with Gasteiger partial charge in [-0.2, -0.15) is 0 Å². The minimum Gasteiger partial charge on any atom is -0.444 e. The van der Waals surface area contributed by atoms with E-state index in [9.17, 15) is 0 Å². The van der Waals surface area contributed by atoms with Crippen molar-refractivity contribution in [3.63, 3.8) is 0 Å². The van der Waals surface area contributed by atoms with Crippen LogP contribution < -0.4 is 5.32 Å². The Morgan fingerprint density at radius 2 is 1.76 bits per heavy atom. The first-order valence-electron chi connectivity index (χ1n) is 9.53. The molecule has 1 aliphatic heterocycles. The monoisotopic (exact) mass is 500 g/mol. The van der Waals surface area contributed by atoms with Crippen molar-refractivity contribution in [1.29, 1.82) is 0 Å². The van der Waals surface area contributed by atoms with Gasteiger partial charge < -0.3 is 14.6 Å². The van der Waals surface area contributed by atoms with Crippen LogP contribution in [0.1, 0.15) is 17.7 Å². The standard InChI is InChI=1S/C23H24N4O.HI/c1-24-23(27-14-12-19(13-15-27)18-8-4-2-5-9-18)25-16-21-17-28-22(26-21)20-10-6-3-7-11-20;/h2-12,17H,13-16H2,1H3,(H,24,25);1H. The van der Waals surface area contributed by atoms with E-state index in [0.29, 0.717) is 12.4 Å². The van der Waals surface area contributed by atoms with Crippen molar-refractivity contribution in [1.82, 2.24) is 15.2 Å². The van der Waals surface area contributed by atoms with Crippen molar-refractivity contribution in [3.05, 3.63) is 84.3 Å². The third-order valence-corrected chi connectivity index (χ3v) is 4.87. The number of benzene rings is 2. The van der Waals surface area contributed by atoms with Gasteiger partial charge in [0.2, 0.25) is 5.89 Å². The first-order chi connectivity index (χ1) is 13.8. The van der Waals surface area contributed by atoms with Crippen LogP contribution in [0.5, 0.6) is 0 Å². The second-order valence-electron chi connectivity index (χ2n) is 6.70. The predicted molar refractivity (Wildman–Crippen MR) is 128 cm³/mol. The lowest BCUT2D eigenvalue weighted by Gasteiger charge is -2.29. The van der Waals surface area contributed by atoms with Gasteiger partial charge >= 0.3 is 0 Å². The second kappa shape index (κ2) is 10.2. The molecule has 6 heteroatoms. The molecule has 1 aliphatic rings. The van der Waals surface area contributed by atoms with Crippen LogP contribution in [0.25, 0.3) is 17.0 Å². The molecule has 5 nitrogen and oxygen atoms in total. The Balaban J connectivity index is 0.00000240. The molecule has 0 saturated carbocycles. The van der Waals surface area contributed by atoms with Crippen molar-refractivity contribution >= 4 is 35.5 Å². The Morgan fingerprint density at radius 1 is 1.07 bits per heavy atom. The first kappa shape index (κ1) is 21.1. The molecule has 1 N–H and O–H groups in total. The number of nitrogens with zero attached hydrogens (tertiary/aromatic N) is 3. The van der Waals surface area contributed by atoms with Gasteiger partial charge in [-0.15, -0.1) is 24.0 Å². The molecule has 0 bridgehead atoms. The normalized spacial score (nSPS) is 14.2. The van der Waals surface area contributed by atoms with Gasteiger partial charge in [-0.25, -0.2) is 4.98 Å². The van der Waals surface area contributed by atoms with Gasteiger partial charge in [0.25, 0.3) is 0 Å². The molecule has 150 valence electrons. The van der Waals surface area contributed by atoms with Crippen LogP contribution in [-0.2, 0) is 6.54 Å². The fraction of sp³-hybridized carbons (Fsp3) is 0.217. The van der Waals surface area contributed by atoms with Gasteiger partial charge in [0.1, 0.15) is 6.26 Å². The fourth-order valence-corrected chi connectivity index (χ4v) is 3.38. The molecule has 3 aromatic rings. The Labute approximate surface area is 188 Å². The number of oxazole rings is 1. The molecule has 0 unspecified atom stereocenters. The van der Waals surface area contributed by atoms with Crippen LogP contribution >= 0.6 is 24.0 Å². The van der Waals surface area contributed by atoms with Crippen molar-refractivity contribution in [2.45, 2.75) is 13.0 Å². The molecular formula is C23H25IN4O. The minimum absolute atomic E-state index is 0. The van der Waals surface area contributed by atoms with Crippen LogP contribution in [0.4, 0.5) is 0 Å². The summed E-state index contributed by atoms with van der Waals surface area (Å²) in [5, 5.41) is 3.40. The van der Waals surface area contributed by atoms with Gasteiger partial charge in [0.05, 0.1) is 12.2 Å².